The summed E-state index contributed by atoms with van der Waals surface area (Å²) in [6, 6.07) is 11.9. The molecule has 0 radical (unpaired) electrons. The summed E-state index contributed by atoms with van der Waals surface area (Å²) in [5.74, 6) is 0.830. The summed E-state index contributed by atoms with van der Waals surface area (Å²) in [7, 11) is -3.80. The van der Waals surface area contributed by atoms with Gasteiger partial charge < -0.3 is 9.73 Å². The highest BCUT2D eigenvalue weighted by Gasteiger charge is 2.28. The quantitative estimate of drug-likeness (QED) is 0.571. The molecule has 0 saturated heterocycles. The third-order valence-corrected chi connectivity index (χ3v) is 6.52. The van der Waals surface area contributed by atoms with Crippen molar-refractivity contribution in [2.45, 2.75) is 44.9 Å². The molecular formula is C23H24N4O4S. The Hall–Kier alpha value is -3.46. The molecule has 0 fully saturated rings. The fourth-order valence-corrected chi connectivity index (χ4v) is 4.50. The number of hydrogen-bond acceptors (Lipinski definition) is 6. The van der Waals surface area contributed by atoms with Gasteiger partial charge in [-0.25, -0.2) is 4.98 Å². The van der Waals surface area contributed by atoms with E-state index in [4.69, 9.17) is 4.42 Å². The second-order valence-corrected chi connectivity index (χ2v) is 9.45. The smallest absolute Gasteiger partial charge is 0.292 e. The lowest BCUT2D eigenvalue weighted by atomic mass is 9.93. The molecule has 3 aromatic rings. The van der Waals surface area contributed by atoms with Crippen LogP contribution in [-0.2, 0) is 16.4 Å². The number of sulfonamides is 1. The first-order valence-corrected chi connectivity index (χ1v) is 11.8. The minimum absolute atomic E-state index is 0.137. The van der Waals surface area contributed by atoms with Gasteiger partial charge in [-0.3, -0.25) is 4.79 Å². The number of fused-ring (bicyclic) bond motifs is 1. The van der Waals surface area contributed by atoms with Gasteiger partial charge in [-0.2, -0.15) is 18.4 Å². The predicted molar refractivity (Wildman–Crippen MR) is 121 cm³/mol. The molecule has 1 aliphatic rings. The standard InChI is InChI=1S/C23H24N4O4S/c1-14-10-12-17(13-11-14)32(29,30)27-26-18-7-5-8-19-21(18)16(3)22(31-19)23(28)25-20-9-4-6-15(2)24-20/h4,6,9-13,27H,5,7-8H2,1-3H3,(H,24,25,28)/b26-18+. The van der Waals surface area contributed by atoms with E-state index in [0.29, 0.717) is 41.3 Å². The molecule has 166 valence electrons. The van der Waals surface area contributed by atoms with Crippen molar-refractivity contribution in [3.63, 3.8) is 0 Å². The van der Waals surface area contributed by atoms with Crippen LogP contribution in [0.15, 0.2) is 56.9 Å². The average molecular weight is 453 g/mol. The minimum Gasteiger partial charge on any atom is -0.455 e. The number of nitrogens with zero attached hydrogens (tertiary/aromatic N) is 2. The maximum Gasteiger partial charge on any atom is 0.292 e. The van der Waals surface area contributed by atoms with Crippen molar-refractivity contribution in [2.24, 2.45) is 5.10 Å². The van der Waals surface area contributed by atoms with E-state index in [2.05, 4.69) is 20.2 Å². The van der Waals surface area contributed by atoms with Crippen LogP contribution in [0.4, 0.5) is 5.82 Å². The van der Waals surface area contributed by atoms with Crippen LogP contribution in [0.5, 0.6) is 0 Å². The zero-order valence-corrected chi connectivity index (χ0v) is 18.9. The van der Waals surface area contributed by atoms with Gasteiger partial charge in [0.05, 0.1) is 10.6 Å². The number of pyridine rings is 1. The van der Waals surface area contributed by atoms with Crippen molar-refractivity contribution in [1.82, 2.24) is 9.82 Å². The predicted octanol–water partition coefficient (Wildman–Crippen LogP) is 3.87. The second kappa shape index (κ2) is 8.58. The van der Waals surface area contributed by atoms with Gasteiger partial charge in [0.2, 0.25) is 0 Å². The molecule has 2 N–H and O–H groups in total. The number of carbonyl (C=O) groups is 1. The zero-order chi connectivity index (χ0) is 22.9. The Morgan fingerprint density at radius 3 is 2.53 bits per heavy atom. The topological polar surface area (TPSA) is 114 Å². The van der Waals surface area contributed by atoms with E-state index in [-0.39, 0.29) is 10.7 Å². The van der Waals surface area contributed by atoms with E-state index in [1.807, 2.05) is 26.0 Å². The van der Waals surface area contributed by atoms with E-state index in [0.717, 1.165) is 17.7 Å². The van der Waals surface area contributed by atoms with E-state index in [9.17, 15) is 13.2 Å². The van der Waals surface area contributed by atoms with Crippen molar-refractivity contribution >= 4 is 27.5 Å². The van der Waals surface area contributed by atoms with E-state index >= 15 is 0 Å². The largest absolute Gasteiger partial charge is 0.455 e. The lowest BCUT2D eigenvalue weighted by Crippen LogP contribution is -2.22. The van der Waals surface area contributed by atoms with Crippen LogP contribution in [-0.4, -0.2) is 25.0 Å². The summed E-state index contributed by atoms with van der Waals surface area (Å²) in [5.41, 5.74) is 3.61. The molecule has 4 rings (SSSR count). The number of carbonyl (C=O) groups excluding carboxylic acids is 1. The third-order valence-electron chi connectivity index (χ3n) is 5.29. The molecule has 0 atom stereocenters. The Morgan fingerprint density at radius 2 is 1.81 bits per heavy atom. The number of amides is 1. The van der Waals surface area contributed by atoms with E-state index in [1.165, 1.54) is 12.1 Å². The highest BCUT2D eigenvalue weighted by molar-refractivity contribution is 7.89. The maximum atomic E-state index is 12.8. The van der Waals surface area contributed by atoms with Crippen molar-refractivity contribution in [2.75, 3.05) is 5.32 Å². The van der Waals surface area contributed by atoms with Crippen molar-refractivity contribution < 1.29 is 17.6 Å². The molecule has 0 unspecified atom stereocenters. The molecule has 1 aromatic carbocycles. The number of rotatable bonds is 5. The van der Waals surface area contributed by atoms with E-state index in [1.54, 1.807) is 25.1 Å². The molecule has 1 aliphatic carbocycles. The molecule has 9 heteroatoms. The van der Waals surface area contributed by atoms with Crippen LogP contribution in [0.1, 0.15) is 51.5 Å². The monoisotopic (exact) mass is 452 g/mol. The highest BCUT2D eigenvalue weighted by atomic mass is 32.2. The van der Waals surface area contributed by atoms with Crippen LogP contribution in [0.25, 0.3) is 0 Å². The molecule has 8 nitrogen and oxygen atoms in total. The third kappa shape index (κ3) is 4.43. The molecule has 1 amide bonds. The number of hydrogen-bond donors (Lipinski definition) is 2. The molecule has 0 aliphatic heterocycles. The number of aromatic nitrogens is 1. The van der Waals surface area contributed by atoms with Gasteiger partial charge in [0, 0.05) is 23.2 Å². The first-order valence-electron chi connectivity index (χ1n) is 10.3. The number of anilines is 1. The summed E-state index contributed by atoms with van der Waals surface area (Å²) in [4.78, 5) is 19.5. The fraction of sp³-hybridized carbons (Fsp3) is 0.261. The Bertz CT molecular complexity index is 1310. The lowest BCUT2D eigenvalue weighted by molar-refractivity contribution is 0.0993. The first-order chi connectivity index (χ1) is 15.2. The second-order valence-electron chi connectivity index (χ2n) is 7.79. The Kier molecular flexibility index (Phi) is 5.84. The number of hydrazone groups is 1. The number of benzene rings is 1. The molecule has 32 heavy (non-hydrogen) atoms. The number of aryl methyl sites for hydroxylation is 3. The number of furan rings is 1. The Labute approximate surface area is 186 Å². The van der Waals surface area contributed by atoms with Crippen LogP contribution in [0, 0.1) is 20.8 Å². The van der Waals surface area contributed by atoms with Crippen LogP contribution in [0.2, 0.25) is 0 Å². The lowest BCUT2D eigenvalue weighted by Gasteiger charge is -2.14. The van der Waals surface area contributed by atoms with Gasteiger partial charge in [0.1, 0.15) is 11.6 Å². The minimum atomic E-state index is -3.80. The highest BCUT2D eigenvalue weighted by Crippen LogP contribution is 2.30. The Morgan fingerprint density at radius 1 is 1.06 bits per heavy atom. The molecule has 2 heterocycles. The molecule has 0 spiro atoms. The molecular weight excluding hydrogens is 428 g/mol. The van der Waals surface area contributed by atoms with Gasteiger partial charge in [0.25, 0.3) is 15.9 Å². The van der Waals surface area contributed by atoms with Gasteiger partial charge in [0.15, 0.2) is 5.76 Å². The van der Waals surface area contributed by atoms with Crippen LogP contribution < -0.4 is 10.1 Å². The van der Waals surface area contributed by atoms with Crippen molar-refractivity contribution in [3.8, 4) is 0 Å². The Balaban J connectivity index is 1.60. The average Bonchev–Trinajstić information content (AvgIpc) is 3.10. The van der Waals surface area contributed by atoms with Gasteiger partial charge >= 0.3 is 0 Å². The first kappa shape index (κ1) is 21.8. The van der Waals surface area contributed by atoms with Crippen LogP contribution in [0.3, 0.4) is 0 Å². The maximum absolute atomic E-state index is 12.8. The molecule has 0 saturated carbocycles. The summed E-state index contributed by atoms with van der Waals surface area (Å²) in [6.07, 6.45) is 1.96. The molecule has 0 bridgehead atoms. The summed E-state index contributed by atoms with van der Waals surface area (Å²) in [6.45, 7) is 5.50. The SMILES string of the molecule is Cc1ccc(S(=O)(=O)N/N=C2\CCCc3oc(C(=O)Nc4cccc(C)n4)c(C)c32)cc1. The van der Waals surface area contributed by atoms with Gasteiger partial charge in [-0.15, -0.1) is 0 Å². The van der Waals surface area contributed by atoms with Crippen molar-refractivity contribution in [3.05, 3.63) is 76.4 Å². The fourth-order valence-electron chi connectivity index (χ4n) is 3.67. The summed E-state index contributed by atoms with van der Waals surface area (Å²) >= 11 is 0. The summed E-state index contributed by atoms with van der Waals surface area (Å²) < 4.78 is 31.1. The van der Waals surface area contributed by atoms with Crippen molar-refractivity contribution in [1.29, 1.82) is 0 Å². The summed E-state index contributed by atoms with van der Waals surface area (Å²) in [5, 5.41) is 6.95. The normalized spacial score (nSPS) is 14.8. The van der Waals surface area contributed by atoms with E-state index < -0.39 is 15.9 Å². The van der Waals surface area contributed by atoms with Gasteiger partial charge in [-0.1, -0.05) is 23.8 Å². The zero-order valence-electron chi connectivity index (χ0n) is 18.1. The molecule has 2 aromatic heterocycles. The van der Waals surface area contributed by atoms with Crippen LogP contribution >= 0.6 is 0 Å². The number of nitrogens with one attached hydrogen (secondary N) is 2. The van der Waals surface area contributed by atoms with Gasteiger partial charge in [-0.05, 0) is 57.9 Å².